The first-order valence-corrected chi connectivity index (χ1v) is 11.3. The van der Waals surface area contributed by atoms with Gasteiger partial charge >= 0.3 is 0 Å². The third-order valence-corrected chi connectivity index (χ3v) is 6.44. The van der Waals surface area contributed by atoms with Crippen LogP contribution in [0.15, 0.2) is 58.8 Å². The van der Waals surface area contributed by atoms with Crippen LogP contribution in [0.25, 0.3) is 0 Å². The van der Waals surface area contributed by atoms with Gasteiger partial charge in [-0.15, -0.1) is 11.3 Å². The maximum atomic E-state index is 13.0. The van der Waals surface area contributed by atoms with Crippen molar-refractivity contribution < 1.29 is 22.3 Å². The largest absolute Gasteiger partial charge is 0.497 e. The van der Waals surface area contributed by atoms with E-state index in [9.17, 15) is 17.6 Å². The van der Waals surface area contributed by atoms with Gasteiger partial charge in [-0.2, -0.15) is 0 Å². The van der Waals surface area contributed by atoms with Crippen LogP contribution < -0.4 is 14.8 Å². The zero-order chi connectivity index (χ0) is 21.6. The van der Waals surface area contributed by atoms with Gasteiger partial charge in [0.1, 0.15) is 11.6 Å². The highest BCUT2D eigenvalue weighted by Gasteiger charge is 2.16. The third-order valence-electron chi connectivity index (χ3n) is 4.15. The van der Waals surface area contributed by atoms with Gasteiger partial charge in [0.25, 0.3) is 10.0 Å². The Labute approximate surface area is 178 Å². The van der Waals surface area contributed by atoms with Crippen molar-refractivity contribution in [3.8, 4) is 5.75 Å². The van der Waals surface area contributed by atoms with Crippen LogP contribution in [0, 0.1) is 5.82 Å². The molecule has 10 heteroatoms. The first-order valence-electron chi connectivity index (χ1n) is 8.98. The molecule has 3 rings (SSSR count). The van der Waals surface area contributed by atoms with E-state index in [1.165, 1.54) is 12.1 Å². The summed E-state index contributed by atoms with van der Waals surface area (Å²) >= 11 is 1.12. The summed E-state index contributed by atoms with van der Waals surface area (Å²) in [5.74, 6) is 0.0995. The standard InChI is InChI=1S/C20H20FN3O4S2/c1-28-17-7-2-14(3-8-17)12-22-19(25)11-6-16-13-29-20(23-16)24-30(26,27)18-9-4-15(21)5-10-18/h2-5,7-10,13H,6,11-12H2,1H3,(H,22,25)(H,23,24). The van der Waals surface area contributed by atoms with Crippen LogP contribution >= 0.6 is 11.3 Å². The number of carbonyl (C=O) groups is 1. The highest BCUT2D eigenvalue weighted by Crippen LogP contribution is 2.21. The van der Waals surface area contributed by atoms with Crippen LogP contribution in [0.2, 0.25) is 0 Å². The summed E-state index contributed by atoms with van der Waals surface area (Å²) in [6.07, 6.45) is 0.604. The van der Waals surface area contributed by atoms with Crippen molar-refractivity contribution in [1.82, 2.24) is 10.3 Å². The van der Waals surface area contributed by atoms with Crippen LogP contribution in [0.1, 0.15) is 17.7 Å². The number of nitrogens with one attached hydrogen (secondary N) is 2. The number of rotatable bonds is 9. The van der Waals surface area contributed by atoms with E-state index in [1.54, 1.807) is 12.5 Å². The van der Waals surface area contributed by atoms with Gasteiger partial charge in [-0.1, -0.05) is 12.1 Å². The van der Waals surface area contributed by atoms with Crippen LogP contribution in [0.5, 0.6) is 5.75 Å². The van der Waals surface area contributed by atoms with Gasteiger partial charge in [0.2, 0.25) is 5.91 Å². The van der Waals surface area contributed by atoms with Crippen LogP contribution in [-0.2, 0) is 27.8 Å². The molecule has 0 radical (unpaired) electrons. The lowest BCUT2D eigenvalue weighted by atomic mass is 10.2. The number of ether oxygens (including phenoxy) is 1. The first kappa shape index (κ1) is 21.7. The number of sulfonamides is 1. The minimum absolute atomic E-state index is 0.0569. The molecule has 0 saturated carbocycles. The van der Waals surface area contributed by atoms with E-state index >= 15 is 0 Å². The number of amides is 1. The number of hydrogen-bond acceptors (Lipinski definition) is 6. The molecule has 3 aromatic rings. The van der Waals surface area contributed by atoms with E-state index in [0.717, 1.165) is 34.8 Å². The number of aromatic nitrogens is 1. The fourth-order valence-corrected chi connectivity index (χ4v) is 4.53. The summed E-state index contributed by atoms with van der Waals surface area (Å²) in [5, 5.41) is 4.71. The van der Waals surface area contributed by atoms with E-state index in [2.05, 4.69) is 15.0 Å². The topological polar surface area (TPSA) is 97.4 Å². The predicted molar refractivity (Wildman–Crippen MR) is 112 cm³/mol. The Morgan fingerprint density at radius 2 is 1.83 bits per heavy atom. The molecule has 158 valence electrons. The minimum Gasteiger partial charge on any atom is -0.497 e. The maximum absolute atomic E-state index is 13.0. The molecular weight excluding hydrogens is 429 g/mol. The molecule has 0 saturated heterocycles. The molecule has 2 aromatic carbocycles. The first-order chi connectivity index (χ1) is 14.4. The van der Waals surface area contributed by atoms with Gasteiger partial charge in [-0.25, -0.2) is 17.8 Å². The monoisotopic (exact) mass is 449 g/mol. The average molecular weight is 450 g/mol. The second-order valence-electron chi connectivity index (χ2n) is 6.33. The van der Waals surface area contributed by atoms with E-state index in [4.69, 9.17) is 4.74 Å². The molecule has 30 heavy (non-hydrogen) atoms. The Bertz CT molecular complexity index is 1100. The summed E-state index contributed by atoms with van der Waals surface area (Å²) in [4.78, 5) is 16.2. The third kappa shape index (κ3) is 6.01. The Balaban J connectivity index is 1.48. The number of halogens is 1. The van der Waals surface area contributed by atoms with E-state index in [0.29, 0.717) is 18.7 Å². The van der Waals surface area contributed by atoms with Crippen LogP contribution in [0.3, 0.4) is 0 Å². The van der Waals surface area contributed by atoms with Gasteiger partial charge in [-0.3, -0.25) is 9.52 Å². The second kappa shape index (κ2) is 9.68. The van der Waals surface area contributed by atoms with Crippen LogP contribution in [0.4, 0.5) is 9.52 Å². The zero-order valence-electron chi connectivity index (χ0n) is 16.1. The number of anilines is 1. The van der Waals surface area contributed by atoms with E-state index < -0.39 is 15.8 Å². The van der Waals surface area contributed by atoms with Crippen molar-refractivity contribution in [2.24, 2.45) is 0 Å². The molecule has 0 atom stereocenters. The molecule has 2 N–H and O–H groups in total. The molecule has 7 nitrogen and oxygen atoms in total. The molecule has 1 heterocycles. The molecule has 0 bridgehead atoms. The number of nitrogens with zero attached hydrogens (tertiary/aromatic N) is 1. The number of aryl methyl sites for hydroxylation is 1. The van der Waals surface area contributed by atoms with Gasteiger partial charge in [-0.05, 0) is 48.4 Å². The summed E-state index contributed by atoms with van der Waals surface area (Å²) in [5.41, 5.74) is 1.56. The van der Waals surface area contributed by atoms with Gasteiger partial charge in [0.05, 0.1) is 17.7 Å². The highest BCUT2D eigenvalue weighted by molar-refractivity contribution is 7.93. The number of thiazole rings is 1. The summed E-state index contributed by atoms with van der Waals surface area (Å²) in [6, 6.07) is 11.9. The van der Waals surface area contributed by atoms with Crippen molar-refractivity contribution in [3.05, 3.63) is 71.0 Å². The Kier molecular flexibility index (Phi) is 7.01. The lowest BCUT2D eigenvalue weighted by molar-refractivity contribution is -0.121. The van der Waals surface area contributed by atoms with E-state index in [-0.39, 0.29) is 22.4 Å². The predicted octanol–water partition coefficient (Wildman–Crippen LogP) is 3.34. The number of benzene rings is 2. The molecule has 0 aliphatic heterocycles. The van der Waals surface area contributed by atoms with Crippen LogP contribution in [-0.4, -0.2) is 26.4 Å². The van der Waals surface area contributed by atoms with Gasteiger partial charge in [0, 0.05) is 18.3 Å². The quantitative estimate of drug-likeness (QED) is 0.522. The van der Waals surface area contributed by atoms with Crippen molar-refractivity contribution in [2.45, 2.75) is 24.3 Å². The van der Waals surface area contributed by atoms with Crippen molar-refractivity contribution in [1.29, 1.82) is 0 Å². The molecule has 1 amide bonds. The van der Waals surface area contributed by atoms with Crippen molar-refractivity contribution in [2.75, 3.05) is 11.8 Å². The smallest absolute Gasteiger partial charge is 0.263 e. The average Bonchev–Trinajstić information content (AvgIpc) is 3.18. The normalized spacial score (nSPS) is 11.1. The fourth-order valence-electron chi connectivity index (χ4n) is 2.53. The minimum atomic E-state index is -3.85. The number of carbonyl (C=O) groups excluding carboxylic acids is 1. The summed E-state index contributed by atoms with van der Waals surface area (Å²) < 4.78 is 45.1. The number of methoxy groups -OCH3 is 1. The summed E-state index contributed by atoms with van der Waals surface area (Å²) in [7, 11) is -2.26. The summed E-state index contributed by atoms with van der Waals surface area (Å²) in [6.45, 7) is 0.405. The highest BCUT2D eigenvalue weighted by atomic mass is 32.2. The molecular formula is C20H20FN3O4S2. The molecule has 0 unspecified atom stereocenters. The molecule has 1 aromatic heterocycles. The Morgan fingerprint density at radius 1 is 1.13 bits per heavy atom. The molecule has 0 fully saturated rings. The van der Waals surface area contributed by atoms with Crippen molar-refractivity contribution >= 4 is 32.4 Å². The zero-order valence-corrected chi connectivity index (χ0v) is 17.7. The molecule has 0 aliphatic carbocycles. The lowest BCUT2D eigenvalue weighted by Gasteiger charge is -2.06. The maximum Gasteiger partial charge on any atom is 0.263 e. The molecule has 0 spiro atoms. The van der Waals surface area contributed by atoms with Gasteiger partial charge in [0.15, 0.2) is 5.13 Å². The van der Waals surface area contributed by atoms with Crippen molar-refractivity contribution in [3.63, 3.8) is 0 Å². The Morgan fingerprint density at radius 3 is 2.50 bits per heavy atom. The lowest BCUT2D eigenvalue weighted by Crippen LogP contribution is -2.23. The number of hydrogen-bond donors (Lipinski definition) is 2. The molecule has 0 aliphatic rings. The van der Waals surface area contributed by atoms with Gasteiger partial charge < -0.3 is 10.1 Å². The SMILES string of the molecule is COc1ccc(CNC(=O)CCc2csc(NS(=O)(=O)c3ccc(F)cc3)n2)cc1. The second-order valence-corrected chi connectivity index (χ2v) is 8.87. The fraction of sp³-hybridized carbons (Fsp3) is 0.200. The Hall–Kier alpha value is -2.98. The van der Waals surface area contributed by atoms with E-state index in [1.807, 2.05) is 24.3 Å².